The molecule has 2 aliphatic rings. The quantitative estimate of drug-likeness (QED) is 0.831. The summed E-state index contributed by atoms with van der Waals surface area (Å²) in [7, 11) is 3.93. The second-order valence-electron chi connectivity index (χ2n) is 7.22. The molecule has 2 aromatic carbocycles. The predicted octanol–water partition coefficient (Wildman–Crippen LogP) is 3.62. The molecule has 2 fully saturated rings. The number of likely N-dealkylation sites (tertiary alicyclic amines) is 2. The number of hydrogen-bond acceptors (Lipinski definition) is 4. The predicted molar refractivity (Wildman–Crippen MR) is 99.3 cm³/mol. The summed E-state index contributed by atoms with van der Waals surface area (Å²) in [5, 5.41) is 0. The summed E-state index contributed by atoms with van der Waals surface area (Å²) in [4.78, 5) is 5.10. The van der Waals surface area contributed by atoms with Crippen LogP contribution in [-0.4, -0.2) is 49.6 Å². The molecule has 0 N–H and O–H groups in total. The Hall–Kier alpha value is -2.04. The molecule has 132 valence electrons. The van der Waals surface area contributed by atoms with E-state index in [0.717, 1.165) is 35.8 Å². The van der Waals surface area contributed by atoms with E-state index in [1.54, 1.807) is 7.11 Å². The van der Waals surface area contributed by atoms with E-state index in [2.05, 4.69) is 35.0 Å². The molecule has 0 bridgehead atoms. The van der Waals surface area contributed by atoms with Crippen LogP contribution in [0.15, 0.2) is 48.5 Å². The van der Waals surface area contributed by atoms with Crippen LogP contribution in [0.2, 0.25) is 0 Å². The number of likely N-dealkylation sites (N-methyl/N-ethyl adjacent to an activating group) is 1. The minimum absolute atomic E-state index is 0.749. The fourth-order valence-electron chi connectivity index (χ4n) is 4.13. The van der Waals surface area contributed by atoms with Crippen molar-refractivity contribution in [2.45, 2.75) is 19.0 Å². The third kappa shape index (κ3) is 3.65. The molecule has 0 saturated carbocycles. The van der Waals surface area contributed by atoms with E-state index in [-0.39, 0.29) is 0 Å². The Kier molecular flexibility index (Phi) is 4.64. The number of nitrogens with zero attached hydrogens (tertiary/aromatic N) is 2. The third-order valence-electron chi connectivity index (χ3n) is 5.50. The summed E-state index contributed by atoms with van der Waals surface area (Å²) in [5.41, 5.74) is 1.31. The molecule has 2 heterocycles. The number of rotatable bonds is 5. The maximum absolute atomic E-state index is 5.99. The zero-order chi connectivity index (χ0) is 17.2. The maximum atomic E-state index is 5.99. The van der Waals surface area contributed by atoms with Gasteiger partial charge in [-0.25, -0.2) is 0 Å². The van der Waals surface area contributed by atoms with Crippen LogP contribution in [-0.2, 0) is 6.54 Å². The van der Waals surface area contributed by atoms with Crippen molar-refractivity contribution >= 4 is 0 Å². The van der Waals surface area contributed by atoms with Gasteiger partial charge >= 0.3 is 0 Å². The van der Waals surface area contributed by atoms with Gasteiger partial charge in [0.25, 0.3) is 0 Å². The van der Waals surface area contributed by atoms with E-state index in [0.29, 0.717) is 0 Å². The first-order chi connectivity index (χ1) is 12.2. The van der Waals surface area contributed by atoms with Crippen LogP contribution < -0.4 is 9.47 Å². The first-order valence-electron chi connectivity index (χ1n) is 9.05. The smallest absolute Gasteiger partial charge is 0.127 e. The van der Waals surface area contributed by atoms with Gasteiger partial charge in [0, 0.05) is 25.7 Å². The van der Waals surface area contributed by atoms with E-state index >= 15 is 0 Å². The van der Waals surface area contributed by atoms with Gasteiger partial charge in [0.15, 0.2) is 0 Å². The van der Waals surface area contributed by atoms with Crippen molar-refractivity contribution in [2.24, 2.45) is 5.92 Å². The normalized spacial score (nSPS) is 23.6. The van der Waals surface area contributed by atoms with E-state index < -0.39 is 0 Å². The van der Waals surface area contributed by atoms with Crippen LogP contribution in [0.25, 0.3) is 0 Å². The maximum Gasteiger partial charge on any atom is 0.127 e. The molecule has 0 spiro atoms. The molecule has 4 nitrogen and oxygen atoms in total. The van der Waals surface area contributed by atoms with Crippen molar-refractivity contribution in [1.29, 1.82) is 0 Å². The van der Waals surface area contributed by atoms with E-state index in [4.69, 9.17) is 9.47 Å². The highest BCUT2D eigenvalue weighted by molar-refractivity contribution is 5.36. The molecule has 0 radical (unpaired) electrons. The van der Waals surface area contributed by atoms with Crippen molar-refractivity contribution < 1.29 is 9.47 Å². The minimum Gasteiger partial charge on any atom is -0.497 e. The van der Waals surface area contributed by atoms with Crippen LogP contribution in [0, 0.1) is 5.92 Å². The third-order valence-corrected chi connectivity index (χ3v) is 5.50. The van der Waals surface area contributed by atoms with Crippen LogP contribution in [0.3, 0.4) is 0 Å². The van der Waals surface area contributed by atoms with E-state index in [9.17, 15) is 0 Å². The van der Waals surface area contributed by atoms with Gasteiger partial charge in [0.1, 0.15) is 17.2 Å². The van der Waals surface area contributed by atoms with Crippen LogP contribution in [0.5, 0.6) is 17.2 Å². The molecule has 0 amide bonds. The lowest BCUT2D eigenvalue weighted by molar-refractivity contribution is 0.255. The Morgan fingerprint density at radius 1 is 1.00 bits per heavy atom. The molecule has 4 heteroatoms. The highest BCUT2D eigenvalue weighted by Crippen LogP contribution is 2.31. The minimum atomic E-state index is 0.749. The number of methoxy groups -OCH3 is 1. The highest BCUT2D eigenvalue weighted by atomic mass is 16.5. The van der Waals surface area contributed by atoms with Gasteiger partial charge in [-0.3, -0.25) is 4.90 Å². The van der Waals surface area contributed by atoms with Gasteiger partial charge in [0.05, 0.1) is 7.11 Å². The lowest BCUT2D eigenvalue weighted by Gasteiger charge is -2.20. The first-order valence-corrected chi connectivity index (χ1v) is 9.05. The number of benzene rings is 2. The van der Waals surface area contributed by atoms with Crippen LogP contribution >= 0.6 is 0 Å². The zero-order valence-electron chi connectivity index (χ0n) is 15.0. The van der Waals surface area contributed by atoms with Crippen molar-refractivity contribution in [3.8, 4) is 17.2 Å². The summed E-state index contributed by atoms with van der Waals surface area (Å²) in [6.07, 6.45) is 1.35. The second-order valence-corrected chi connectivity index (χ2v) is 7.22. The number of hydrogen-bond donors (Lipinski definition) is 0. The lowest BCUT2D eigenvalue weighted by Crippen LogP contribution is -2.31. The fraction of sp³-hybridized carbons (Fsp3) is 0.429. The summed E-state index contributed by atoms with van der Waals surface area (Å²) >= 11 is 0. The lowest BCUT2D eigenvalue weighted by atomic mass is 10.1. The molecule has 2 atom stereocenters. The second kappa shape index (κ2) is 7.06. The summed E-state index contributed by atoms with van der Waals surface area (Å²) in [6.45, 7) is 4.66. The molecule has 0 aliphatic carbocycles. The number of fused-ring (bicyclic) bond motifs is 1. The van der Waals surface area contributed by atoms with Gasteiger partial charge in [-0.2, -0.15) is 0 Å². The molecule has 2 aromatic rings. The average molecular weight is 338 g/mol. The van der Waals surface area contributed by atoms with Crippen molar-refractivity contribution in [3.63, 3.8) is 0 Å². The van der Waals surface area contributed by atoms with Gasteiger partial charge in [-0.1, -0.05) is 12.1 Å². The van der Waals surface area contributed by atoms with Gasteiger partial charge in [-0.15, -0.1) is 0 Å². The summed E-state index contributed by atoms with van der Waals surface area (Å²) in [5.74, 6) is 3.41. The molecular formula is C21H26N2O2. The van der Waals surface area contributed by atoms with Crippen molar-refractivity contribution in [1.82, 2.24) is 9.80 Å². The molecule has 2 aliphatic heterocycles. The highest BCUT2D eigenvalue weighted by Gasteiger charge is 2.39. The Balaban J connectivity index is 1.39. The fourth-order valence-corrected chi connectivity index (χ4v) is 4.13. The van der Waals surface area contributed by atoms with Gasteiger partial charge < -0.3 is 14.4 Å². The van der Waals surface area contributed by atoms with Crippen molar-refractivity contribution in [2.75, 3.05) is 33.8 Å². The Bertz CT molecular complexity index is 716. The van der Waals surface area contributed by atoms with Crippen LogP contribution in [0.1, 0.15) is 12.0 Å². The largest absolute Gasteiger partial charge is 0.497 e. The standard InChI is InChI=1S/C21H26N2O2/c1-22-11-10-17-14-23(15-21(17)22)13-16-4-3-5-20(12-16)25-19-8-6-18(24-2)7-9-19/h3-9,12,17,21H,10-11,13-15H2,1-2H3/t17-,21+/m0/s1. The molecule has 0 unspecified atom stereocenters. The zero-order valence-corrected chi connectivity index (χ0v) is 15.0. The Morgan fingerprint density at radius 2 is 1.80 bits per heavy atom. The molecular weight excluding hydrogens is 312 g/mol. The summed E-state index contributed by atoms with van der Waals surface area (Å²) < 4.78 is 11.2. The van der Waals surface area contributed by atoms with Crippen LogP contribution in [0.4, 0.5) is 0 Å². The molecule has 4 rings (SSSR count). The van der Waals surface area contributed by atoms with Crippen molar-refractivity contribution in [3.05, 3.63) is 54.1 Å². The Morgan fingerprint density at radius 3 is 2.56 bits per heavy atom. The molecule has 25 heavy (non-hydrogen) atoms. The molecule has 2 saturated heterocycles. The first kappa shape index (κ1) is 16.4. The molecule has 0 aromatic heterocycles. The number of ether oxygens (including phenoxy) is 2. The van der Waals surface area contributed by atoms with E-state index in [1.165, 1.54) is 31.6 Å². The Labute approximate surface area is 150 Å². The van der Waals surface area contributed by atoms with Gasteiger partial charge in [0.2, 0.25) is 0 Å². The monoisotopic (exact) mass is 338 g/mol. The summed E-state index contributed by atoms with van der Waals surface area (Å²) in [6, 6.07) is 16.9. The van der Waals surface area contributed by atoms with E-state index in [1.807, 2.05) is 30.3 Å². The van der Waals surface area contributed by atoms with Gasteiger partial charge in [-0.05, 0) is 67.9 Å². The topological polar surface area (TPSA) is 24.9 Å². The average Bonchev–Trinajstić information content (AvgIpc) is 3.17. The SMILES string of the molecule is COc1ccc(Oc2cccc(CN3C[C@@H]4CCN(C)[C@@H]4C3)c2)cc1.